The number of rotatable bonds is 7. The molecule has 0 radical (unpaired) electrons. The van der Waals surface area contributed by atoms with Gasteiger partial charge in [0.2, 0.25) is 0 Å². The Hall–Kier alpha value is -0.160. The molecule has 1 fully saturated rings. The van der Waals surface area contributed by atoms with Crippen LogP contribution in [0.1, 0.15) is 19.8 Å². The van der Waals surface area contributed by atoms with E-state index in [-0.39, 0.29) is 6.61 Å². The quantitative estimate of drug-likeness (QED) is 0.618. The summed E-state index contributed by atoms with van der Waals surface area (Å²) in [5.74, 6) is 0.819. The Morgan fingerprint density at radius 3 is 2.62 bits per heavy atom. The van der Waals surface area contributed by atoms with Crippen molar-refractivity contribution in [2.45, 2.75) is 25.8 Å². The highest BCUT2D eigenvalue weighted by atomic mass is 16.5. The van der Waals surface area contributed by atoms with Crippen LogP contribution in [0, 0.1) is 5.92 Å². The summed E-state index contributed by atoms with van der Waals surface area (Å²) in [5.41, 5.74) is 0. The predicted octanol–water partition coefficient (Wildman–Crippen LogP) is 0.315. The van der Waals surface area contributed by atoms with Crippen molar-refractivity contribution in [3.05, 3.63) is 0 Å². The second-order valence-corrected chi connectivity index (χ2v) is 4.59. The van der Waals surface area contributed by atoms with Gasteiger partial charge in [0, 0.05) is 12.6 Å². The van der Waals surface area contributed by atoms with Crippen molar-refractivity contribution in [2.75, 3.05) is 46.5 Å². The minimum Gasteiger partial charge on any atom is -0.394 e. The Bertz CT molecular complexity index is 170. The van der Waals surface area contributed by atoms with Gasteiger partial charge in [0.25, 0.3) is 0 Å². The molecule has 0 aromatic carbocycles. The van der Waals surface area contributed by atoms with Gasteiger partial charge in [-0.1, -0.05) is 0 Å². The van der Waals surface area contributed by atoms with Crippen LogP contribution in [-0.2, 0) is 4.74 Å². The Morgan fingerprint density at radius 1 is 1.38 bits per heavy atom. The highest BCUT2D eigenvalue weighted by Crippen LogP contribution is 2.19. The molecule has 0 amide bonds. The second kappa shape index (κ2) is 8.01. The van der Waals surface area contributed by atoms with Crippen LogP contribution in [0.15, 0.2) is 0 Å². The lowest BCUT2D eigenvalue weighted by Crippen LogP contribution is -2.41. The van der Waals surface area contributed by atoms with Crippen LogP contribution < -0.4 is 5.32 Å². The molecule has 1 aliphatic heterocycles. The van der Waals surface area contributed by atoms with Gasteiger partial charge < -0.3 is 20.1 Å². The zero-order valence-electron chi connectivity index (χ0n) is 10.6. The normalized spacial score (nSPS) is 21.2. The third kappa shape index (κ3) is 4.78. The van der Waals surface area contributed by atoms with Crippen molar-refractivity contribution in [1.29, 1.82) is 0 Å². The number of nitrogens with one attached hydrogen (secondary N) is 1. The summed E-state index contributed by atoms with van der Waals surface area (Å²) in [7, 11) is 2.04. The number of hydrogen-bond acceptors (Lipinski definition) is 4. The fourth-order valence-electron chi connectivity index (χ4n) is 2.27. The fraction of sp³-hybridized carbons (Fsp3) is 1.00. The molecule has 0 bridgehead atoms. The van der Waals surface area contributed by atoms with Crippen LogP contribution in [-0.4, -0.2) is 62.6 Å². The van der Waals surface area contributed by atoms with Crippen molar-refractivity contribution in [1.82, 2.24) is 10.2 Å². The third-order valence-corrected chi connectivity index (χ3v) is 3.58. The van der Waals surface area contributed by atoms with Crippen molar-refractivity contribution in [3.63, 3.8) is 0 Å². The average molecular weight is 230 g/mol. The molecule has 1 heterocycles. The van der Waals surface area contributed by atoms with E-state index in [1.165, 1.54) is 25.9 Å². The lowest BCUT2D eigenvalue weighted by Gasteiger charge is -2.34. The molecule has 0 aromatic rings. The molecule has 2 N–H and O–H groups in total. The van der Waals surface area contributed by atoms with Gasteiger partial charge in [0.05, 0.1) is 19.8 Å². The van der Waals surface area contributed by atoms with Gasteiger partial charge in [-0.3, -0.25) is 0 Å². The van der Waals surface area contributed by atoms with E-state index in [1.54, 1.807) is 0 Å². The van der Waals surface area contributed by atoms with Crippen LogP contribution in [0.2, 0.25) is 0 Å². The van der Waals surface area contributed by atoms with Crippen LogP contribution in [0.5, 0.6) is 0 Å². The van der Waals surface area contributed by atoms with E-state index in [4.69, 9.17) is 9.84 Å². The van der Waals surface area contributed by atoms with E-state index in [2.05, 4.69) is 17.1 Å². The van der Waals surface area contributed by atoms with Crippen LogP contribution >= 0.6 is 0 Å². The Labute approximate surface area is 99.0 Å². The van der Waals surface area contributed by atoms with Crippen LogP contribution in [0.3, 0.4) is 0 Å². The molecular formula is C12H26N2O2. The Balaban J connectivity index is 2.07. The van der Waals surface area contributed by atoms with Crippen LogP contribution in [0.25, 0.3) is 0 Å². The average Bonchev–Trinajstić information content (AvgIpc) is 2.34. The maximum Gasteiger partial charge on any atom is 0.0698 e. The molecule has 1 atom stereocenters. The summed E-state index contributed by atoms with van der Waals surface area (Å²) < 4.78 is 5.28. The molecule has 96 valence electrons. The van der Waals surface area contributed by atoms with Crippen LogP contribution in [0.4, 0.5) is 0 Å². The Morgan fingerprint density at radius 2 is 2.06 bits per heavy atom. The van der Waals surface area contributed by atoms with Gasteiger partial charge in [-0.2, -0.15) is 0 Å². The smallest absolute Gasteiger partial charge is 0.0698 e. The monoisotopic (exact) mass is 230 g/mol. The molecule has 0 aliphatic carbocycles. The van der Waals surface area contributed by atoms with E-state index in [9.17, 15) is 0 Å². The number of aliphatic hydroxyl groups is 1. The second-order valence-electron chi connectivity index (χ2n) is 4.59. The maximum atomic E-state index is 8.58. The van der Waals surface area contributed by atoms with E-state index < -0.39 is 0 Å². The summed E-state index contributed by atoms with van der Waals surface area (Å²) >= 11 is 0. The number of nitrogens with zero attached hydrogens (tertiary/aromatic N) is 1. The summed E-state index contributed by atoms with van der Waals surface area (Å²) in [6.07, 6.45) is 2.56. The first-order chi connectivity index (χ1) is 7.77. The molecule has 1 unspecified atom stereocenters. The number of hydrogen-bond donors (Lipinski definition) is 2. The van der Waals surface area contributed by atoms with E-state index in [0.29, 0.717) is 12.6 Å². The molecule has 1 rings (SSSR count). The molecule has 4 nitrogen and oxygen atoms in total. The molecule has 1 aliphatic rings. The minimum atomic E-state index is 0.127. The molecule has 16 heavy (non-hydrogen) atoms. The fourth-order valence-corrected chi connectivity index (χ4v) is 2.27. The highest BCUT2D eigenvalue weighted by Gasteiger charge is 2.22. The SMILES string of the molecule is CNC(C)C1CCN(CCOCCO)CC1. The van der Waals surface area contributed by atoms with Crippen molar-refractivity contribution in [2.24, 2.45) is 5.92 Å². The number of aliphatic hydroxyl groups excluding tert-OH is 1. The standard InChI is InChI=1S/C12H26N2O2/c1-11(13-2)12-3-5-14(6-4-12)7-9-16-10-8-15/h11-13,15H,3-10H2,1-2H3. The first-order valence-corrected chi connectivity index (χ1v) is 6.36. The molecule has 0 aromatic heterocycles. The van der Waals surface area contributed by atoms with Gasteiger partial charge in [0.1, 0.15) is 0 Å². The first kappa shape index (κ1) is 13.9. The van der Waals surface area contributed by atoms with Gasteiger partial charge >= 0.3 is 0 Å². The van der Waals surface area contributed by atoms with Gasteiger partial charge in [-0.05, 0) is 45.8 Å². The summed E-state index contributed by atoms with van der Waals surface area (Å²) in [6.45, 7) is 6.96. The summed E-state index contributed by atoms with van der Waals surface area (Å²) in [4.78, 5) is 2.45. The predicted molar refractivity (Wildman–Crippen MR) is 65.6 cm³/mol. The number of likely N-dealkylation sites (tertiary alicyclic amines) is 1. The molecule has 0 spiro atoms. The van der Waals surface area contributed by atoms with Gasteiger partial charge in [-0.15, -0.1) is 0 Å². The third-order valence-electron chi connectivity index (χ3n) is 3.58. The van der Waals surface area contributed by atoms with E-state index >= 15 is 0 Å². The lowest BCUT2D eigenvalue weighted by molar-refractivity contribution is 0.0629. The zero-order valence-corrected chi connectivity index (χ0v) is 10.6. The number of ether oxygens (including phenoxy) is 1. The summed E-state index contributed by atoms with van der Waals surface area (Å²) in [6, 6.07) is 0.632. The maximum absolute atomic E-state index is 8.58. The Kier molecular flexibility index (Phi) is 6.96. The van der Waals surface area contributed by atoms with Crippen molar-refractivity contribution in [3.8, 4) is 0 Å². The molecular weight excluding hydrogens is 204 g/mol. The molecule has 4 heteroatoms. The van der Waals surface area contributed by atoms with Gasteiger partial charge in [-0.25, -0.2) is 0 Å². The van der Waals surface area contributed by atoms with E-state index in [1.807, 2.05) is 7.05 Å². The summed E-state index contributed by atoms with van der Waals surface area (Å²) in [5, 5.41) is 11.9. The van der Waals surface area contributed by atoms with Crippen molar-refractivity contribution >= 4 is 0 Å². The largest absolute Gasteiger partial charge is 0.394 e. The van der Waals surface area contributed by atoms with E-state index in [0.717, 1.165) is 19.1 Å². The van der Waals surface area contributed by atoms with Gasteiger partial charge in [0.15, 0.2) is 0 Å². The molecule has 1 saturated heterocycles. The first-order valence-electron chi connectivity index (χ1n) is 6.36. The highest BCUT2D eigenvalue weighted by molar-refractivity contribution is 4.78. The zero-order chi connectivity index (χ0) is 11.8. The lowest BCUT2D eigenvalue weighted by atomic mass is 9.90. The molecule has 0 saturated carbocycles. The number of piperidine rings is 1. The topological polar surface area (TPSA) is 44.7 Å². The van der Waals surface area contributed by atoms with Crippen molar-refractivity contribution < 1.29 is 9.84 Å². The minimum absolute atomic E-state index is 0.127.